The van der Waals surface area contributed by atoms with Crippen molar-refractivity contribution in [3.05, 3.63) is 90.7 Å². The number of unbranched alkanes of at least 4 members (excludes halogenated alkanes) is 2. The molecule has 0 saturated carbocycles. The van der Waals surface area contributed by atoms with E-state index in [9.17, 15) is 0 Å². The number of hydrogen-bond donors (Lipinski definition) is 0. The molecule has 0 unspecified atom stereocenters. The Morgan fingerprint density at radius 2 is 1.03 bits per heavy atom. The van der Waals surface area contributed by atoms with Gasteiger partial charge < -0.3 is 13.8 Å². The van der Waals surface area contributed by atoms with Crippen LogP contribution in [0.15, 0.2) is 76.9 Å². The van der Waals surface area contributed by atoms with E-state index in [1.54, 1.807) is 11.1 Å². The molecule has 0 radical (unpaired) electrons. The van der Waals surface area contributed by atoms with Crippen molar-refractivity contribution >= 4 is 29.5 Å². The first-order chi connectivity index (χ1) is 16.1. The Balaban J connectivity index is 0.000000499. The molecule has 35 heavy (non-hydrogen) atoms. The van der Waals surface area contributed by atoms with E-state index in [4.69, 9.17) is 0 Å². The van der Waals surface area contributed by atoms with Crippen LogP contribution >= 0.6 is 7.92 Å². The number of fused-ring (bicyclic) bond motifs is 3. The van der Waals surface area contributed by atoms with Gasteiger partial charge in [0.2, 0.25) is 0 Å². The molecule has 3 aromatic rings. The molecule has 0 fully saturated rings. The van der Waals surface area contributed by atoms with E-state index in [2.05, 4.69) is 130 Å². The van der Waals surface area contributed by atoms with Gasteiger partial charge in [-0.1, -0.05) is 82.2 Å². The zero-order valence-electron chi connectivity index (χ0n) is 23.7. The van der Waals surface area contributed by atoms with E-state index in [1.165, 1.54) is 45.5 Å². The van der Waals surface area contributed by atoms with Crippen LogP contribution in [0.1, 0.15) is 74.1 Å². The minimum absolute atomic E-state index is 0. The molecule has 0 amide bonds. The Morgan fingerprint density at radius 3 is 1.29 bits per heavy atom. The molecular weight excluding hydrogens is 622 g/mol. The molecular formula is C33H48PPt-3. The molecule has 1 aliphatic carbocycles. The molecule has 1 aliphatic rings. The second-order valence-electron chi connectivity index (χ2n) is 9.49. The van der Waals surface area contributed by atoms with Crippen molar-refractivity contribution in [2.24, 2.45) is 0 Å². The van der Waals surface area contributed by atoms with Gasteiger partial charge in [-0.3, -0.25) is 0 Å². The minimum Gasteiger partial charge on any atom is -0.343 e. The van der Waals surface area contributed by atoms with Gasteiger partial charge in [0.1, 0.15) is 0 Å². The van der Waals surface area contributed by atoms with Gasteiger partial charge in [0.05, 0.1) is 0 Å². The van der Waals surface area contributed by atoms with E-state index in [1.807, 2.05) is 0 Å². The summed E-state index contributed by atoms with van der Waals surface area (Å²) in [6, 6.07) is 19.3. The van der Waals surface area contributed by atoms with E-state index in [-0.39, 0.29) is 29.0 Å². The van der Waals surface area contributed by atoms with Gasteiger partial charge in [-0.25, -0.2) is 0 Å². The third kappa shape index (κ3) is 8.47. The van der Waals surface area contributed by atoms with Crippen molar-refractivity contribution in [3.8, 4) is 0 Å². The largest absolute Gasteiger partial charge is 0.343 e. The van der Waals surface area contributed by atoms with Crippen LogP contribution in [0.4, 0.5) is 0 Å². The summed E-state index contributed by atoms with van der Waals surface area (Å²) in [6.07, 6.45) is 4.56. The molecule has 0 N–H and O–H groups in total. The Morgan fingerprint density at radius 1 is 0.714 bits per heavy atom. The molecule has 198 valence electrons. The van der Waals surface area contributed by atoms with Crippen molar-refractivity contribution in [2.75, 3.05) is 13.3 Å². The second kappa shape index (κ2) is 16.6. The summed E-state index contributed by atoms with van der Waals surface area (Å²) < 4.78 is 0. The first-order valence-corrected chi connectivity index (χ1v) is 15.0. The van der Waals surface area contributed by atoms with Crippen LogP contribution in [-0.4, -0.2) is 18.5 Å². The van der Waals surface area contributed by atoms with Crippen LogP contribution < -0.4 is 0 Å². The van der Waals surface area contributed by atoms with Crippen LogP contribution in [0.5, 0.6) is 0 Å². The summed E-state index contributed by atoms with van der Waals surface area (Å²) in [5.41, 5.74) is 6.24. The average molecular weight is 671 g/mol. The molecule has 0 bridgehead atoms. The molecule has 0 heterocycles. The third-order valence-corrected chi connectivity index (χ3v) is 9.73. The first-order valence-electron chi connectivity index (χ1n) is 12.8. The number of rotatable bonds is 3. The molecule has 3 aromatic carbocycles. The van der Waals surface area contributed by atoms with Crippen LogP contribution in [0, 0.1) is 13.8 Å². The van der Waals surface area contributed by atoms with Crippen molar-refractivity contribution in [1.29, 1.82) is 0 Å². The maximum atomic E-state index is 3.60. The van der Waals surface area contributed by atoms with Gasteiger partial charge in [-0.2, -0.15) is 12.8 Å². The zero-order valence-corrected chi connectivity index (χ0v) is 26.9. The number of hydrogen-bond acceptors (Lipinski definition) is 0. The van der Waals surface area contributed by atoms with Gasteiger partial charge in [-0.05, 0) is 59.1 Å². The van der Waals surface area contributed by atoms with Gasteiger partial charge in [0.15, 0.2) is 0 Å². The number of benzene rings is 2. The molecule has 4 rings (SSSR count). The first kappa shape index (κ1) is 33.9. The van der Waals surface area contributed by atoms with E-state index < -0.39 is 0 Å². The second-order valence-corrected chi connectivity index (χ2v) is 12.2. The van der Waals surface area contributed by atoms with Crippen LogP contribution in [-0.2, 0) is 21.1 Å². The maximum Gasteiger partial charge on any atom is 0.0293 e. The summed E-state index contributed by atoms with van der Waals surface area (Å²) in [6.45, 7) is 27.7. The van der Waals surface area contributed by atoms with Crippen molar-refractivity contribution in [3.63, 3.8) is 0 Å². The van der Waals surface area contributed by atoms with Gasteiger partial charge in [0.25, 0.3) is 0 Å². The fraction of sp³-hybridized carbons (Fsp3) is 0.424. The summed E-state index contributed by atoms with van der Waals surface area (Å²) in [4.78, 5) is 0. The van der Waals surface area contributed by atoms with E-state index in [0.29, 0.717) is 5.16 Å². The predicted octanol–water partition coefficient (Wildman–Crippen LogP) is 11.1. The molecule has 0 aromatic heterocycles. The molecule has 0 saturated heterocycles. The Kier molecular flexibility index (Phi) is 16.1. The summed E-state index contributed by atoms with van der Waals surface area (Å²) >= 11 is 0. The van der Waals surface area contributed by atoms with Crippen molar-refractivity contribution < 1.29 is 21.1 Å². The third-order valence-electron chi connectivity index (χ3n) is 7.27. The van der Waals surface area contributed by atoms with Crippen LogP contribution in [0.25, 0.3) is 21.5 Å². The standard InChI is InChI=1S/C13H9.C12H21P.2C4H9.Pt/c1-3-7-12-10(5-1)9-11-6-2-4-8-13(11)12;1-8-9(2)11(4)12(5,10(8)3)13(6)7;2*1-3-4-2;/h1-9H;1-7H3;2*1,3-4H2,2H3;/q-1;;2*-1;. The van der Waals surface area contributed by atoms with Gasteiger partial charge >= 0.3 is 0 Å². The normalized spacial score (nSPS) is 14.1. The SMILES string of the molecule is CC1=C(C)C(C)(P(C)C)C(C)=C1C.[CH2-]CCC.[CH2-]CCC.[Pt].c1ccc2c(c1)[cH-]c1ccccc12. The maximum absolute atomic E-state index is 3.60. The fourth-order valence-electron chi connectivity index (χ4n) is 4.15. The van der Waals surface area contributed by atoms with Crippen LogP contribution in [0.2, 0.25) is 0 Å². The monoisotopic (exact) mass is 670 g/mol. The summed E-state index contributed by atoms with van der Waals surface area (Å²) in [7, 11) is 0.0687. The van der Waals surface area contributed by atoms with E-state index >= 15 is 0 Å². The van der Waals surface area contributed by atoms with Crippen LogP contribution in [0.3, 0.4) is 0 Å². The molecule has 0 aliphatic heterocycles. The Bertz CT molecular complexity index is 998. The topological polar surface area (TPSA) is 0 Å². The predicted molar refractivity (Wildman–Crippen MR) is 161 cm³/mol. The Hall–Kier alpha value is -1.09. The van der Waals surface area contributed by atoms with Gasteiger partial charge in [-0.15, -0.1) is 39.7 Å². The number of allylic oxidation sites excluding steroid dienone is 4. The summed E-state index contributed by atoms with van der Waals surface area (Å²) in [5.74, 6) is 0. The van der Waals surface area contributed by atoms with Gasteiger partial charge in [0, 0.05) is 26.2 Å². The molecule has 0 spiro atoms. The smallest absolute Gasteiger partial charge is 0.0293 e. The van der Waals surface area contributed by atoms with E-state index in [0.717, 1.165) is 12.8 Å². The summed E-state index contributed by atoms with van der Waals surface area (Å²) in [5, 5.41) is 5.77. The minimum atomic E-state index is 0. The average Bonchev–Trinajstić information content (AvgIpc) is 3.31. The Labute approximate surface area is 233 Å². The zero-order chi connectivity index (χ0) is 25.9. The van der Waals surface area contributed by atoms with Crippen molar-refractivity contribution in [1.82, 2.24) is 0 Å². The molecule has 0 nitrogen and oxygen atoms in total. The fourth-order valence-corrected chi connectivity index (χ4v) is 5.83. The quantitative estimate of drug-likeness (QED) is 0.192. The molecule has 0 atom stereocenters. The molecule has 2 heteroatoms. The van der Waals surface area contributed by atoms with Crippen molar-refractivity contribution in [2.45, 2.75) is 79.3 Å².